The van der Waals surface area contributed by atoms with Gasteiger partial charge in [0.05, 0.1) is 16.2 Å². The Morgan fingerprint density at radius 1 is 1.45 bits per heavy atom. The van der Waals surface area contributed by atoms with Gasteiger partial charge in [-0.1, -0.05) is 0 Å². The topological polar surface area (TPSA) is 110 Å². The Kier molecular flexibility index (Phi) is 5.98. The Morgan fingerprint density at radius 3 is 2.70 bits per heavy atom. The van der Waals surface area contributed by atoms with Crippen LogP contribution in [0, 0.1) is 10.1 Å². The molecule has 0 aliphatic carbocycles. The molecule has 0 aliphatic rings. The minimum atomic E-state index is -0.959. The third kappa shape index (κ3) is 4.54. The number of amides is 1. The zero-order valence-corrected chi connectivity index (χ0v) is 11.6. The second-order valence-electron chi connectivity index (χ2n) is 3.79. The van der Waals surface area contributed by atoms with E-state index in [-0.39, 0.29) is 29.3 Å². The van der Waals surface area contributed by atoms with Gasteiger partial charge in [-0.05, 0) is 19.1 Å². The maximum atomic E-state index is 11.6. The Bertz CT molecular complexity index is 533. The fourth-order valence-corrected chi connectivity index (χ4v) is 2.38. The average Bonchev–Trinajstić information content (AvgIpc) is 2.38. The molecular weight excluding hydrogens is 284 g/mol. The van der Waals surface area contributed by atoms with Gasteiger partial charge in [-0.25, -0.2) is 0 Å². The first-order valence-electron chi connectivity index (χ1n) is 5.87. The summed E-state index contributed by atoms with van der Waals surface area (Å²) in [5.41, 5.74) is 0.0188. The van der Waals surface area contributed by atoms with Crippen LogP contribution in [-0.4, -0.2) is 34.2 Å². The van der Waals surface area contributed by atoms with Crippen LogP contribution in [0.2, 0.25) is 0 Å². The molecule has 108 valence electrons. The molecule has 0 aromatic heterocycles. The van der Waals surface area contributed by atoms with E-state index in [1.165, 1.54) is 18.2 Å². The van der Waals surface area contributed by atoms with Crippen LogP contribution in [0.1, 0.15) is 23.7 Å². The SMILES string of the molecule is CCNC(=O)c1ccc(SCCC(=O)O)c([N+](=O)[O-])c1. The van der Waals surface area contributed by atoms with E-state index >= 15 is 0 Å². The number of nitrogens with zero attached hydrogens (tertiary/aromatic N) is 1. The lowest BCUT2D eigenvalue weighted by Crippen LogP contribution is -2.22. The maximum absolute atomic E-state index is 11.6. The van der Waals surface area contributed by atoms with Crippen LogP contribution in [0.3, 0.4) is 0 Å². The number of nitro groups is 1. The summed E-state index contributed by atoms with van der Waals surface area (Å²) in [5, 5.41) is 22.1. The smallest absolute Gasteiger partial charge is 0.304 e. The highest BCUT2D eigenvalue weighted by Gasteiger charge is 2.17. The average molecular weight is 298 g/mol. The number of carboxylic acids is 1. The zero-order valence-electron chi connectivity index (χ0n) is 10.8. The van der Waals surface area contributed by atoms with Crippen molar-refractivity contribution >= 4 is 29.3 Å². The number of rotatable bonds is 7. The van der Waals surface area contributed by atoms with Crippen molar-refractivity contribution in [2.75, 3.05) is 12.3 Å². The second-order valence-corrected chi connectivity index (χ2v) is 4.93. The molecule has 1 aromatic rings. The van der Waals surface area contributed by atoms with E-state index in [9.17, 15) is 19.7 Å². The van der Waals surface area contributed by atoms with Gasteiger partial charge < -0.3 is 10.4 Å². The van der Waals surface area contributed by atoms with Crippen molar-refractivity contribution < 1.29 is 19.6 Å². The molecule has 0 atom stereocenters. The predicted octanol–water partition coefficient (Wildman–Crippen LogP) is 1.91. The van der Waals surface area contributed by atoms with Gasteiger partial charge in [0.15, 0.2) is 0 Å². The molecule has 1 amide bonds. The molecule has 1 aromatic carbocycles. The van der Waals surface area contributed by atoms with Gasteiger partial charge in [0.2, 0.25) is 0 Å². The van der Waals surface area contributed by atoms with Crippen LogP contribution in [0.4, 0.5) is 5.69 Å². The molecule has 0 heterocycles. The summed E-state index contributed by atoms with van der Waals surface area (Å²) in [6.07, 6.45) is -0.0834. The van der Waals surface area contributed by atoms with Crippen molar-refractivity contribution in [2.45, 2.75) is 18.2 Å². The molecule has 0 saturated heterocycles. The van der Waals surface area contributed by atoms with Crippen LogP contribution in [-0.2, 0) is 4.79 Å². The van der Waals surface area contributed by atoms with Crippen LogP contribution in [0.15, 0.2) is 23.1 Å². The van der Waals surface area contributed by atoms with Gasteiger partial charge in [-0.2, -0.15) is 0 Å². The molecule has 0 fully saturated rings. The van der Waals surface area contributed by atoms with Crippen molar-refractivity contribution in [1.82, 2.24) is 5.32 Å². The molecule has 1 rings (SSSR count). The third-order valence-corrected chi connectivity index (χ3v) is 3.39. The fraction of sp³-hybridized carbons (Fsp3) is 0.333. The van der Waals surface area contributed by atoms with Crippen molar-refractivity contribution in [3.05, 3.63) is 33.9 Å². The molecule has 0 aliphatic heterocycles. The standard InChI is InChI=1S/C12H14N2O5S/c1-2-13-12(17)8-3-4-10(9(7-8)14(18)19)20-6-5-11(15)16/h3-4,7H,2,5-6H2,1H3,(H,13,17)(H,15,16). The molecular formula is C12H14N2O5S. The van der Waals surface area contributed by atoms with Crippen molar-refractivity contribution in [2.24, 2.45) is 0 Å². The minimum Gasteiger partial charge on any atom is -0.481 e. The van der Waals surface area contributed by atoms with E-state index in [1.54, 1.807) is 6.92 Å². The number of carbonyl (C=O) groups excluding carboxylic acids is 1. The maximum Gasteiger partial charge on any atom is 0.304 e. The van der Waals surface area contributed by atoms with Crippen molar-refractivity contribution in [1.29, 1.82) is 0 Å². The summed E-state index contributed by atoms with van der Waals surface area (Å²) in [4.78, 5) is 32.8. The normalized spacial score (nSPS) is 10.1. The van der Waals surface area contributed by atoms with Crippen molar-refractivity contribution in [3.63, 3.8) is 0 Å². The molecule has 2 N–H and O–H groups in total. The van der Waals surface area contributed by atoms with Crippen LogP contribution in [0.5, 0.6) is 0 Å². The highest BCUT2D eigenvalue weighted by atomic mass is 32.2. The number of carbonyl (C=O) groups is 2. The Hall–Kier alpha value is -2.09. The highest BCUT2D eigenvalue weighted by Crippen LogP contribution is 2.30. The third-order valence-electron chi connectivity index (χ3n) is 2.33. The Balaban J connectivity index is 2.93. The van der Waals surface area contributed by atoms with Crippen molar-refractivity contribution in [3.8, 4) is 0 Å². The first kappa shape index (κ1) is 16.0. The van der Waals surface area contributed by atoms with Gasteiger partial charge in [-0.3, -0.25) is 19.7 Å². The highest BCUT2D eigenvalue weighted by molar-refractivity contribution is 7.99. The molecule has 8 heteroatoms. The number of nitro benzene ring substituents is 1. The number of aliphatic carboxylic acids is 1. The number of carboxylic acid groups (broad SMARTS) is 1. The van der Waals surface area contributed by atoms with E-state index in [2.05, 4.69) is 5.32 Å². The number of nitrogens with one attached hydrogen (secondary N) is 1. The molecule has 7 nitrogen and oxygen atoms in total. The molecule has 0 unspecified atom stereocenters. The predicted molar refractivity (Wildman–Crippen MR) is 74.1 cm³/mol. The van der Waals surface area contributed by atoms with E-state index in [0.717, 1.165) is 11.8 Å². The van der Waals surface area contributed by atoms with Gasteiger partial charge >= 0.3 is 5.97 Å². The van der Waals surface area contributed by atoms with E-state index in [4.69, 9.17) is 5.11 Å². The Morgan fingerprint density at radius 2 is 2.15 bits per heavy atom. The lowest BCUT2D eigenvalue weighted by atomic mass is 10.2. The van der Waals surface area contributed by atoms with Gasteiger partial charge in [0, 0.05) is 23.9 Å². The Labute approximate surface area is 119 Å². The fourth-order valence-electron chi connectivity index (χ4n) is 1.43. The lowest BCUT2D eigenvalue weighted by Gasteiger charge is -2.05. The molecule has 0 saturated carbocycles. The summed E-state index contributed by atoms with van der Waals surface area (Å²) in [6, 6.07) is 4.16. The summed E-state index contributed by atoms with van der Waals surface area (Å²) in [5.74, 6) is -1.10. The number of hydrogen-bond acceptors (Lipinski definition) is 5. The largest absolute Gasteiger partial charge is 0.481 e. The molecule has 0 spiro atoms. The quantitative estimate of drug-likeness (QED) is 0.452. The summed E-state index contributed by atoms with van der Waals surface area (Å²) < 4.78 is 0. The van der Waals surface area contributed by atoms with E-state index < -0.39 is 10.9 Å². The van der Waals surface area contributed by atoms with Crippen LogP contribution < -0.4 is 5.32 Å². The first-order chi connectivity index (χ1) is 9.45. The van der Waals surface area contributed by atoms with Crippen LogP contribution in [0.25, 0.3) is 0 Å². The monoisotopic (exact) mass is 298 g/mol. The number of benzene rings is 1. The zero-order chi connectivity index (χ0) is 15.1. The lowest BCUT2D eigenvalue weighted by molar-refractivity contribution is -0.387. The van der Waals surface area contributed by atoms with Gasteiger partial charge in [0.1, 0.15) is 0 Å². The van der Waals surface area contributed by atoms with Gasteiger partial charge in [0.25, 0.3) is 11.6 Å². The van der Waals surface area contributed by atoms with Crippen LogP contribution >= 0.6 is 11.8 Å². The van der Waals surface area contributed by atoms with E-state index in [0.29, 0.717) is 11.4 Å². The number of thioether (sulfide) groups is 1. The minimum absolute atomic E-state index is 0.0834. The second kappa shape index (κ2) is 7.49. The summed E-state index contributed by atoms with van der Waals surface area (Å²) >= 11 is 1.08. The first-order valence-corrected chi connectivity index (χ1v) is 6.85. The summed E-state index contributed by atoms with van der Waals surface area (Å²) in [6.45, 7) is 2.18. The molecule has 0 radical (unpaired) electrons. The van der Waals surface area contributed by atoms with E-state index in [1.807, 2.05) is 0 Å². The van der Waals surface area contributed by atoms with Gasteiger partial charge in [-0.15, -0.1) is 11.8 Å². The number of hydrogen-bond donors (Lipinski definition) is 2. The molecule has 0 bridgehead atoms. The molecule has 20 heavy (non-hydrogen) atoms. The summed E-state index contributed by atoms with van der Waals surface area (Å²) in [7, 11) is 0.